The first-order valence-corrected chi connectivity index (χ1v) is 7.42. The van der Waals surface area contributed by atoms with Gasteiger partial charge in [-0.15, -0.1) is 0 Å². The molecular formula is C15H16BrN3O. The minimum Gasteiger partial charge on any atom is -0.332 e. The molecule has 0 unspecified atom stereocenters. The maximum atomic E-state index is 12.6. The second-order valence-electron chi connectivity index (χ2n) is 5.12. The van der Waals surface area contributed by atoms with E-state index < -0.39 is 0 Å². The fourth-order valence-corrected chi connectivity index (χ4v) is 3.04. The van der Waals surface area contributed by atoms with Gasteiger partial charge in [-0.1, -0.05) is 18.2 Å². The Bertz CT molecular complexity index is 678. The monoisotopic (exact) mass is 333 g/mol. The molecule has 0 spiro atoms. The number of halogens is 1. The van der Waals surface area contributed by atoms with Crippen LogP contribution in [0.15, 0.2) is 29.0 Å². The zero-order valence-corrected chi connectivity index (χ0v) is 13.1. The molecule has 2 aromatic rings. The first kappa shape index (κ1) is 13.4. The summed E-state index contributed by atoms with van der Waals surface area (Å²) in [5.41, 5.74) is 4.02. The van der Waals surface area contributed by atoms with Crippen molar-refractivity contribution < 1.29 is 4.79 Å². The molecule has 1 aliphatic rings. The van der Waals surface area contributed by atoms with Gasteiger partial charge < -0.3 is 9.47 Å². The van der Waals surface area contributed by atoms with Crippen LogP contribution in [0.2, 0.25) is 0 Å². The van der Waals surface area contributed by atoms with E-state index in [1.165, 1.54) is 0 Å². The number of rotatable bonds is 1. The summed E-state index contributed by atoms with van der Waals surface area (Å²) >= 11 is 3.44. The molecule has 20 heavy (non-hydrogen) atoms. The maximum Gasteiger partial charge on any atom is 0.254 e. The Kier molecular flexibility index (Phi) is 3.38. The van der Waals surface area contributed by atoms with Crippen molar-refractivity contribution in [1.29, 1.82) is 0 Å². The third-order valence-corrected chi connectivity index (χ3v) is 4.57. The fraction of sp³-hybridized carbons (Fsp3) is 0.333. The Morgan fingerprint density at radius 2 is 2.10 bits per heavy atom. The van der Waals surface area contributed by atoms with Crippen LogP contribution in [0.3, 0.4) is 0 Å². The van der Waals surface area contributed by atoms with Gasteiger partial charge in [0.15, 0.2) is 4.73 Å². The SMILES string of the molecule is Cc1ccccc1C(=O)N1CCc2nc(Br)n(C)c2C1. The molecule has 104 valence electrons. The van der Waals surface area contributed by atoms with E-state index in [4.69, 9.17) is 0 Å². The molecule has 0 atom stereocenters. The van der Waals surface area contributed by atoms with Crippen molar-refractivity contribution in [2.45, 2.75) is 19.9 Å². The molecule has 1 aromatic heterocycles. The lowest BCUT2D eigenvalue weighted by Gasteiger charge is -2.27. The lowest BCUT2D eigenvalue weighted by molar-refractivity contribution is 0.0729. The van der Waals surface area contributed by atoms with Crippen molar-refractivity contribution in [3.63, 3.8) is 0 Å². The molecule has 1 aromatic carbocycles. The smallest absolute Gasteiger partial charge is 0.254 e. The highest BCUT2D eigenvalue weighted by molar-refractivity contribution is 9.10. The van der Waals surface area contributed by atoms with Gasteiger partial charge in [0.1, 0.15) is 0 Å². The molecule has 0 fully saturated rings. The molecule has 0 radical (unpaired) electrons. The summed E-state index contributed by atoms with van der Waals surface area (Å²) in [6, 6.07) is 7.74. The summed E-state index contributed by atoms with van der Waals surface area (Å²) in [6.45, 7) is 3.32. The number of hydrogen-bond acceptors (Lipinski definition) is 2. The number of aromatic nitrogens is 2. The van der Waals surface area contributed by atoms with Crippen LogP contribution in [0.25, 0.3) is 0 Å². The summed E-state index contributed by atoms with van der Waals surface area (Å²) in [5.74, 6) is 0.103. The number of hydrogen-bond donors (Lipinski definition) is 0. The van der Waals surface area contributed by atoms with E-state index in [2.05, 4.69) is 20.9 Å². The second-order valence-corrected chi connectivity index (χ2v) is 5.83. The van der Waals surface area contributed by atoms with Gasteiger partial charge in [-0.2, -0.15) is 0 Å². The number of aryl methyl sites for hydroxylation is 1. The van der Waals surface area contributed by atoms with E-state index in [0.29, 0.717) is 6.54 Å². The quantitative estimate of drug-likeness (QED) is 0.804. The molecular weight excluding hydrogens is 318 g/mol. The van der Waals surface area contributed by atoms with Crippen LogP contribution in [0, 0.1) is 6.92 Å². The summed E-state index contributed by atoms with van der Waals surface area (Å²) in [7, 11) is 1.97. The third kappa shape index (κ3) is 2.16. The Labute approximate surface area is 126 Å². The van der Waals surface area contributed by atoms with Crippen molar-refractivity contribution in [2.75, 3.05) is 6.54 Å². The van der Waals surface area contributed by atoms with Crippen molar-refractivity contribution >= 4 is 21.8 Å². The first-order valence-electron chi connectivity index (χ1n) is 6.63. The highest BCUT2D eigenvalue weighted by atomic mass is 79.9. The van der Waals surface area contributed by atoms with Gasteiger partial charge in [-0.25, -0.2) is 4.98 Å². The number of fused-ring (bicyclic) bond motifs is 1. The topological polar surface area (TPSA) is 38.1 Å². The number of benzene rings is 1. The highest BCUT2D eigenvalue weighted by Gasteiger charge is 2.26. The average molecular weight is 334 g/mol. The van der Waals surface area contributed by atoms with Crippen LogP contribution in [0.4, 0.5) is 0 Å². The Balaban J connectivity index is 1.89. The predicted molar refractivity (Wildman–Crippen MR) is 80.5 cm³/mol. The van der Waals surface area contributed by atoms with Crippen molar-refractivity contribution in [1.82, 2.24) is 14.5 Å². The molecule has 0 saturated heterocycles. The number of amides is 1. The molecule has 3 rings (SSSR count). The van der Waals surface area contributed by atoms with Crippen LogP contribution in [-0.2, 0) is 20.0 Å². The molecule has 0 N–H and O–H groups in total. The molecule has 0 saturated carbocycles. The Morgan fingerprint density at radius 3 is 2.85 bits per heavy atom. The highest BCUT2D eigenvalue weighted by Crippen LogP contribution is 2.23. The zero-order chi connectivity index (χ0) is 14.3. The number of imidazole rings is 1. The van der Waals surface area contributed by atoms with E-state index in [1.54, 1.807) is 0 Å². The van der Waals surface area contributed by atoms with Gasteiger partial charge in [0.25, 0.3) is 5.91 Å². The minimum absolute atomic E-state index is 0.103. The molecule has 0 bridgehead atoms. The first-order chi connectivity index (χ1) is 9.58. The van der Waals surface area contributed by atoms with Gasteiger partial charge in [0, 0.05) is 25.6 Å². The molecule has 1 aliphatic heterocycles. The van der Waals surface area contributed by atoms with Crippen LogP contribution in [-0.4, -0.2) is 26.9 Å². The van der Waals surface area contributed by atoms with Crippen LogP contribution < -0.4 is 0 Å². The number of nitrogens with zero attached hydrogens (tertiary/aromatic N) is 3. The standard InChI is InChI=1S/C15H16BrN3O/c1-10-5-3-4-6-11(10)14(20)19-8-7-12-13(9-19)18(2)15(16)17-12/h3-6H,7-9H2,1-2H3. The fourth-order valence-electron chi connectivity index (χ4n) is 2.61. The number of carbonyl (C=O) groups excluding carboxylic acids is 1. The average Bonchev–Trinajstić information content (AvgIpc) is 2.74. The van der Waals surface area contributed by atoms with Gasteiger partial charge >= 0.3 is 0 Å². The van der Waals surface area contributed by atoms with Gasteiger partial charge in [0.2, 0.25) is 0 Å². The molecule has 0 aliphatic carbocycles. The van der Waals surface area contributed by atoms with Crippen molar-refractivity contribution in [2.24, 2.45) is 7.05 Å². The lowest BCUT2D eigenvalue weighted by Crippen LogP contribution is -2.37. The van der Waals surface area contributed by atoms with Crippen LogP contribution in [0.1, 0.15) is 27.3 Å². The molecule has 5 heteroatoms. The van der Waals surface area contributed by atoms with E-state index in [9.17, 15) is 4.79 Å². The predicted octanol–water partition coefficient (Wildman–Crippen LogP) is 2.69. The summed E-state index contributed by atoms with van der Waals surface area (Å²) in [5, 5.41) is 0. The molecule has 4 nitrogen and oxygen atoms in total. The maximum absolute atomic E-state index is 12.6. The van der Waals surface area contributed by atoms with E-state index in [-0.39, 0.29) is 5.91 Å². The Hall–Kier alpha value is -1.62. The van der Waals surface area contributed by atoms with Gasteiger partial charge in [-0.05, 0) is 34.5 Å². The third-order valence-electron chi connectivity index (χ3n) is 3.86. The minimum atomic E-state index is 0.103. The number of carbonyl (C=O) groups is 1. The summed E-state index contributed by atoms with van der Waals surface area (Å²) < 4.78 is 2.83. The van der Waals surface area contributed by atoms with Crippen molar-refractivity contribution in [3.8, 4) is 0 Å². The largest absolute Gasteiger partial charge is 0.332 e. The second kappa shape index (κ2) is 5.05. The van der Waals surface area contributed by atoms with Crippen molar-refractivity contribution in [3.05, 3.63) is 51.5 Å². The van der Waals surface area contributed by atoms with Crippen LogP contribution in [0.5, 0.6) is 0 Å². The zero-order valence-electron chi connectivity index (χ0n) is 11.6. The molecule has 1 amide bonds. The Morgan fingerprint density at radius 1 is 1.35 bits per heavy atom. The lowest BCUT2D eigenvalue weighted by atomic mass is 10.1. The summed E-state index contributed by atoms with van der Waals surface area (Å²) in [6.07, 6.45) is 0.812. The van der Waals surface area contributed by atoms with E-state index in [1.807, 2.05) is 47.7 Å². The van der Waals surface area contributed by atoms with Gasteiger partial charge in [-0.3, -0.25) is 4.79 Å². The molecule has 2 heterocycles. The normalized spacial score (nSPS) is 14.2. The van der Waals surface area contributed by atoms with E-state index >= 15 is 0 Å². The summed E-state index contributed by atoms with van der Waals surface area (Å²) in [4.78, 5) is 19.0. The van der Waals surface area contributed by atoms with Gasteiger partial charge in [0.05, 0.1) is 17.9 Å². The van der Waals surface area contributed by atoms with E-state index in [0.717, 1.165) is 40.2 Å². The van der Waals surface area contributed by atoms with Crippen LogP contribution >= 0.6 is 15.9 Å².